The molecule has 1 fully saturated rings. The van der Waals surface area contributed by atoms with Gasteiger partial charge in [-0.3, -0.25) is 9.69 Å². The van der Waals surface area contributed by atoms with Gasteiger partial charge in [-0.1, -0.05) is 129 Å². The molecule has 1 aliphatic heterocycles. The quantitative estimate of drug-likeness (QED) is 0.0782. The third-order valence-corrected chi connectivity index (χ3v) is 8.64. The largest absolute Gasteiger partial charge is 0.449 e. The van der Waals surface area contributed by atoms with Crippen molar-refractivity contribution in [2.24, 2.45) is 5.73 Å². The molecule has 1 rings (SSSR count). The molecule has 0 saturated carbocycles. The van der Waals surface area contributed by atoms with Crippen molar-refractivity contribution in [1.29, 1.82) is 0 Å². The fourth-order valence-electron chi connectivity index (χ4n) is 5.74. The van der Waals surface area contributed by atoms with Crippen molar-refractivity contribution in [2.75, 3.05) is 19.8 Å². The van der Waals surface area contributed by atoms with Gasteiger partial charge in [0.05, 0.1) is 19.3 Å². The molecule has 0 spiro atoms. The second kappa shape index (κ2) is 25.7. The van der Waals surface area contributed by atoms with Crippen molar-refractivity contribution in [1.82, 2.24) is 10.2 Å². The molecule has 1 heterocycles. The van der Waals surface area contributed by atoms with E-state index in [1.165, 1.54) is 95.3 Å². The maximum Gasteiger partial charge on any atom is 0.411 e. The number of hydrogen-bond acceptors (Lipinski definition) is 8. The van der Waals surface area contributed by atoms with E-state index in [1.807, 2.05) is 0 Å². The Bertz CT molecular complexity index is 727. The highest BCUT2D eigenvalue weighted by Gasteiger charge is 2.48. The van der Waals surface area contributed by atoms with E-state index < -0.39 is 55.2 Å². The van der Waals surface area contributed by atoms with E-state index >= 15 is 0 Å². The van der Waals surface area contributed by atoms with Crippen molar-refractivity contribution in [3.05, 3.63) is 0 Å². The summed E-state index contributed by atoms with van der Waals surface area (Å²) in [6.07, 6.45) is 17.3. The highest BCUT2D eigenvalue weighted by atomic mass is 16.6. The highest BCUT2D eigenvalue weighted by Crippen LogP contribution is 2.25. The van der Waals surface area contributed by atoms with Crippen LogP contribution in [0.3, 0.4) is 0 Å². The standard InChI is InChI=1S/C34H67N3O7/c1-4-6-8-10-12-14-16-18-20-22-24-37(34(42)43-25-23-21-19-17-15-13-11-9-7-5-2)33-29(36-32(41)27(3)35)31(40)30(39)28(26-38)44-33/h27-31,33,38-40H,4-26,35H2,1-3H3,(H,36,41)/t27-,28+,29+,30+,31+,33+/m0/s1. The number of aliphatic hydroxyl groups excluding tert-OH is 3. The van der Waals surface area contributed by atoms with Gasteiger partial charge in [-0.05, 0) is 19.8 Å². The van der Waals surface area contributed by atoms with E-state index in [4.69, 9.17) is 15.2 Å². The minimum absolute atomic E-state index is 0.266. The first-order valence-corrected chi connectivity index (χ1v) is 17.9. The van der Waals surface area contributed by atoms with E-state index in [2.05, 4.69) is 19.2 Å². The number of carbonyl (C=O) groups is 2. The average Bonchev–Trinajstić information content (AvgIpc) is 3.01. The molecule has 0 unspecified atom stereocenters. The fraction of sp³-hybridized carbons (Fsp3) is 0.941. The molecule has 1 aliphatic rings. The second-order valence-electron chi connectivity index (χ2n) is 12.7. The van der Waals surface area contributed by atoms with Crippen LogP contribution in [0.1, 0.15) is 149 Å². The zero-order chi connectivity index (χ0) is 32.6. The topological polar surface area (TPSA) is 155 Å². The van der Waals surface area contributed by atoms with Gasteiger partial charge >= 0.3 is 6.09 Å². The number of aliphatic hydroxyl groups is 3. The lowest BCUT2D eigenvalue weighted by atomic mass is 9.95. The monoisotopic (exact) mass is 629 g/mol. The van der Waals surface area contributed by atoms with Crippen LogP contribution in [0.25, 0.3) is 0 Å². The maximum atomic E-state index is 13.4. The van der Waals surface area contributed by atoms with Crippen LogP contribution in [0.4, 0.5) is 4.79 Å². The molecule has 260 valence electrons. The van der Waals surface area contributed by atoms with Gasteiger partial charge in [-0.25, -0.2) is 4.79 Å². The Balaban J connectivity index is 2.74. The Morgan fingerprint density at radius 3 is 1.68 bits per heavy atom. The molecule has 10 heteroatoms. The summed E-state index contributed by atoms with van der Waals surface area (Å²) in [6, 6.07) is -2.01. The molecule has 6 N–H and O–H groups in total. The lowest BCUT2D eigenvalue weighted by Gasteiger charge is -2.46. The Morgan fingerprint density at radius 1 is 0.773 bits per heavy atom. The predicted octanol–water partition coefficient (Wildman–Crippen LogP) is 5.54. The van der Waals surface area contributed by atoms with Gasteiger partial charge in [0.15, 0.2) is 6.23 Å². The number of nitrogens with zero attached hydrogens (tertiary/aromatic N) is 1. The van der Waals surface area contributed by atoms with Gasteiger partial charge in [0, 0.05) is 6.54 Å². The molecule has 6 atom stereocenters. The van der Waals surface area contributed by atoms with E-state index in [1.54, 1.807) is 0 Å². The lowest BCUT2D eigenvalue weighted by Crippen LogP contribution is -2.69. The summed E-state index contributed by atoms with van der Waals surface area (Å²) in [7, 11) is 0. The van der Waals surface area contributed by atoms with Gasteiger partial charge in [-0.15, -0.1) is 0 Å². The van der Waals surface area contributed by atoms with Crippen LogP contribution in [0.5, 0.6) is 0 Å². The second-order valence-corrected chi connectivity index (χ2v) is 12.7. The summed E-state index contributed by atoms with van der Waals surface area (Å²) < 4.78 is 11.6. The molecular weight excluding hydrogens is 562 g/mol. The van der Waals surface area contributed by atoms with E-state index in [0.29, 0.717) is 13.0 Å². The molecule has 1 saturated heterocycles. The zero-order valence-electron chi connectivity index (χ0n) is 28.2. The number of rotatable bonds is 26. The first kappa shape index (κ1) is 40.6. The van der Waals surface area contributed by atoms with E-state index in [9.17, 15) is 24.9 Å². The van der Waals surface area contributed by atoms with Crippen LogP contribution < -0.4 is 11.1 Å². The predicted molar refractivity (Wildman–Crippen MR) is 175 cm³/mol. The fourth-order valence-corrected chi connectivity index (χ4v) is 5.74. The normalized spacial score (nSPS) is 22.5. The van der Waals surface area contributed by atoms with E-state index in [0.717, 1.165) is 38.5 Å². The Labute approximate surface area is 267 Å². The number of nitrogens with two attached hydrogens (primary N) is 1. The molecule has 0 aromatic carbocycles. The number of amides is 2. The molecule has 0 aromatic heterocycles. The number of ether oxygens (including phenoxy) is 2. The van der Waals surface area contributed by atoms with E-state index in [-0.39, 0.29) is 6.61 Å². The number of carbonyl (C=O) groups excluding carboxylic acids is 2. The van der Waals surface area contributed by atoms with Gasteiger partial charge in [0.25, 0.3) is 0 Å². The van der Waals surface area contributed by atoms with Crippen molar-refractivity contribution in [3.63, 3.8) is 0 Å². The number of unbranched alkanes of at least 4 members (excludes halogenated alkanes) is 18. The third-order valence-electron chi connectivity index (χ3n) is 8.64. The number of hydrogen-bond donors (Lipinski definition) is 5. The van der Waals surface area contributed by atoms with Crippen LogP contribution in [0, 0.1) is 0 Å². The van der Waals surface area contributed by atoms with Crippen LogP contribution in [-0.2, 0) is 14.3 Å². The first-order chi connectivity index (χ1) is 21.3. The van der Waals surface area contributed by atoms with Crippen molar-refractivity contribution in [2.45, 2.75) is 186 Å². The summed E-state index contributed by atoms with van der Waals surface area (Å²) in [6.45, 7) is 5.96. The summed E-state index contributed by atoms with van der Waals surface area (Å²) in [5.74, 6) is -0.546. The smallest absolute Gasteiger partial charge is 0.411 e. The van der Waals surface area contributed by atoms with Crippen LogP contribution in [-0.4, -0.2) is 88.6 Å². The molecule has 0 bridgehead atoms. The Kier molecular flexibility index (Phi) is 23.7. The molecular formula is C34H67N3O7. The van der Waals surface area contributed by atoms with Gasteiger partial charge in [0.1, 0.15) is 24.4 Å². The Hall–Kier alpha value is -1.46. The van der Waals surface area contributed by atoms with Crippen molar-refractivity contribution >= 4 is 12.0 Å². The maximum absolute atomic E-state index is 13.4. The SMILES string of the molecule is CCCCCCCCCCCCOC(=O)N(CCCCCCCCCCCC)[C@@H]1O[C@H](CO)[C@@H](O)[C@H](O)[C@H]1NC(=O)[C@H](C)N. The summed E-state index contributed by atoms with van der Waals surface area (Å²) in [4.78, 5) is 27.3. The zero-order valence-corrected chi connectivity index (χ0v) is 28.2. The molecule has 2 amide bonds. The first-order valence-electron chi connectivity index (χ1n) is 17.9. The summed E-state index contributed by atoms with van der Waals surface area (Å²) in [5, 5.41) is 33.9. The van der Waals surface area contributed by atoms with Gasteiger partial charge < -0.3 is 35.8 Å². The average molecular weight is 630 g/mol. The molecule has 0 aromatic rings. The number of nitrogens with one attached hydrogen (secondary N) is 1. The summed E-state index contributed by atoms with van der Waals surface area (Å²) >= 11 is 0. The Morgan fingerprint density at radius 2 is 1.23 bits per heavy atom. The molecule has 44 heavy (non-hydrogen) atoms. The van der Waals surface area contributed by atoms with Gasteiger partial charge in [0.2, 0.25) is 5.91 Å². The molecule has 0 radical (unpaired) electrons. The van der Waals surface area contributed by atoms with Crippen LogP contribution >= 0.6 is 0 Å². The van der Waals surface area contributed by atoms with Crippen LogP contribution in [0.15, 0.2) is 0 Å². The lowest BCUT2D eigenvalue weighted by molar-refractivity contribution is -0.226. The van der Waals surface area contributed by atoms with Crippen molar-refractivity contribution < 1.29 is 34.4 Å². The third kappa shape index (κ3) is 16.7. The minimum Gasteiger partial charge on any atom is -0.449 e. The van der Waals surface area contributed by atoms with Crippen molar-refractivity contribution in [3.8, 4) is 0 Å². The van der Waals surface area contributed by atoms with Gasteiger partial charge in [-0.2, -0.15) is 0 Å². The molecule has 0 aliphatic carbocycles. The summed E-state index contributed by atoms with van der Waals surface area (Å²) in [5.41, 5.74) is 5.75. The highest BCUT2D eigenvalue weighted by molar-refractivity contribution is 5.81. The minimum atomic E-state index is -1.47. The van der Waals surface area contributed by atoms with Crippen LogP contribution in [0.2, 0.25) is 0 Å². The molecule has 10 nitrogen and oxygen atoms in total.